The summed E-state index contributed by atoms with van der Waals surface area (Å²) in [5, 5.41) is 3.14. The third kappa shape index (κ3) is 2.95. The van der Waals surface area contributed by atoms with Crippen LogP contribution in [0.4, 0.5) is 22.0 Å². The average Bonchev–Trinajstić information content (AvgIpc) is 2.57. The number of hydrogen-bond acceptors (Lipinski definition) is 2. The Hall–Kier alpha value is -2.77. The minimum Gasteiger partial charge on any atom is -0.267 e. The fourth-order valence-electron chi connectivity index (χ4n) is 2.70. The van der Waals surface area contributed by atoms with Gasteiger partial charge in [-0.25, -0.2) is 8.78 Å². The molecule has 0 radical (unpaired) electrons. The topological polar surface area (TPSA) is 34.9 Å². The molecule has 3 aromatic rings. The first-order chi connectivity index (χ1) is 12.1. The molecule has 0 unspecified atom stereocenters. The second-order valence-corrected chi connectivity index (χ2v) is 5.96. The van der Waals surface area contributed by atoms with Crippen LogP contribution in [0.5, 0.6) is 0 Å². The molecule has 0 spiro atoms. The summed E-state index contributed by atoms with van der Waals surface area (Å²) in [5.41, 5.74) is -0.519. The van der Waals surface area contributed by atoms with E-state index in [4.69, 9.17) is 0 Å². The summed E-state index contributed by atoms with van der Waals surface area (Å²) in [5.74, 6) is -4.74. The summed E-state index contributed by atoms with van der Waals surface area (Å²) in [7, 11) is 0. The van der Waals surface area contributed by atoms with Crippen LogP contribution in [-0.4, -0.2) is 16.0 Å². The van der Waals surface area contributed by atoms with Crippen LogP contribution >= 0.6 is 0 Å². The zero-order chi connectivity index (χ0) is 19.2. The highest BCUT2D eigenvalue weighted by Gasteiger charge is 2.40. The van der Waals surface area contributed by atoms with Crippen molar-refractivity contribution < 1.29 is 22.0 Å². The molecule has 0 saturated carbocycles. The van der Waals surface area contributed by atoms with Gasteiger partial charge in [-0.2, -0.15) is 23.0 Å². The number of rotatable bonds is 2. The fraction of sp³-hybridized carbons (Fsp3) is 0.222. The molecule has 1 heterocycles. The highest BCUT2D eigenvalue weighted by Crippen LogP contribution is 2.36. The van der Waals surface area contributed by atoms with Gasteiger partial charge in [0, 0.05) is 5.39 Å². The summed E-state index contributed by atoms with van der Waals surface area (Å²) >= 11 is 0. The summed E-state index contributed by atoms with van der Waals surface area (Å²) < 4.78 is 67.8. The zero-order valence-electron chi connectivity index (χ0n) is 13.7. The Morgan fingerprint density at radius 1 is 1.04 bits per heavy atom. The lowest BCUT2D eigenvalue weighted by atomic mass is 10.0. The van der Waals surface area contributed by atoms with E-state index in [0.29, 0.717) is 17.7 Å². The van der Waals surface area contributed by atoms with Gasteiger partial charge in [0.05, 0.1) is 22.7 Å². The third-order valence-corrected chi connectivity index (χ3v) is 4.21. The molecule has 1 atom stereocenters. The Labute approximate surface area is 144 Å². The van der Waals surface area contributed by atoms with Crippen LogP contribution < -0.4 is 5.56 Å². The van der Waals surface area contributed by atoms with Crippen molar-refractivity contribution in [2.45, 2.75) is 25.9 Å². The van der Waals surface area contributed by atoms with Crippen molar-refractivity contribution >= 4 is 10.8 Å². The highest BCUT2D eigenvalue weighted by atomic mass is 19.4. The van der Waals surface area contributed by atoms with E-state index in [1.54, 1.807) is 25.1 Å². The number of hydrogen-bond donors (Lipinski definition) is 0. The third-order valence-electron chi connectivity index (χ3n) is 4.21. The molecule has 0 bridgehead atoms. The number of aryl methyl sites for hydroxylation is 1. The Kier molecular flexibility index (Phi) is 4.29. The Balaban J connectivity index is 2.45. The summed E-state index contributed by atoms with van der Waals surface area (Å²) in [6, 6.07) is 7.65. The monoisotopic (exact) mass is 368 g/mol. The highest BCUT2D eigenvalue weighted by molar-refractivity contribution is 5.84. The first-order valence-electron chi connectivity index (χ1n) is 7.66. The number of para-hydroxylation sites is 1. The molecule has 0 N–H and O–H groups in total. The minimum absolute atomic E-state index is 0.264. The SMILES string of the molecule is Cc1ccccc1-n1nc([C@@H](C)C(F)(F)F)c2cc(F)c(F)cc2c1=O. The van der Waals surface area contributed by atoms with Crippen LogP contribution in [0.15, 0.2) is 41.2 Å². The van der Waals surface area contributed by atoms with Crippen molar-refractivity contribution in [3.8, 4) is 5.69 Å². The second kappa shape index (κ2) is 6.19. The van der Waals surface area contributed by atoms with Gasteiger partial charge >= 0.3 is 6.18 Å². The van der Waals surface area contributed by atoms with Crippen molar-refractivity contribution in [1.82, 2.24) is 9.78 Å². The molecule has 0 aliphatic rings. The quantitative estimate of drug-likeness (QED) is 0.618. The Morgan fingerprint density at radius 2 is 1.62 bits per heavy atom. The molecule has 1 aromatic heterocycles. The average molecular weight is 368 g/mol. The van der Waals surface area contributed by atoms with E-state index >= 15 is 0 Å². The van der Waals surface area contributed by atoms with Crippen molar-refractivity contribution in [3.05, 3.63) is 69.6 Å². The smallest absolute Gasteiger partial charge is 0.267 e. The van der Waals surface area contributed by atoms with Gasteiger partial charge in [-0.05, 0) is 37.6 Å². The van der Waals surface area contributed by atoms with E-state index in [9.17, 15) is 26.7 Å². The van der Waals surface area contributed by atoms with Gasteiger partial charge in [0.25, 0.3) is 5.56 Å². The number of halogens is 5. The number of fused-ring (bicyclic) bond motifs is 1. The van der Waals surface area contributed by atoms with Crippen LogP contribution in [0.2, 0.25) is 0 Å². The molecule has 26 heavy (non-hydrogen) atoms. The summed E-state index contributed by atoms with van der Waals surface area (Å²) in [4.78, 5) is 12.7. The van der Waals surface area contributed by atoms with Gasteiger partial charge in [0.15, 0.2) is 11.6 Å². The fourth-order valence-corrected chi connectivity index (χ4v) is 2.70. The molecule has 3 nitrogen and oxygen atoms in total. The first-order valence-corrected chi connectivity index (χ1v) is 7.66. The zero-order valence-corrected chi connectivity index (χ0v) is 13.7. The molecule has 0 aliphatic carbocycles. The number of aromatic nitrogens is 2. The maximum absolute atomic E-state index is 13.6. The van der Waals surface area contributed by atoms with E-state index in [1.807, 2.05) is 0 Å². The molecule has 0 saturated heterocycles. The molecule has 0 fully saturated rings. The maximum Gasteiger partial charge on any atom is 0.397 e. The van der Waals surface area contributed by atoms with Gasteiger partial charge in [-0.1, -0.05) is 18.2 Å². The predicted octanol–water partition coefficient (Wildman–Crippen LogP) is 4.64. The van der Waals surface area contributed by atoms with E-state index in [0.717, 1.165) is 11.6 Å². The molecule has 3 rings (SSSR count). The van der Waals surface area contributed by atoms with Gasteiger partial charge in [0.1, 0.15) is 0 Å². The predicted molar refractivity (Wildman–Crippen MR) is 86.5 cm³/mol. The van der Waals surface area contributed by atoms with E-state index in [2.05, 4.69) is 5.10 Å². The molecular weight excluding hydrogens is 355 g/mol. The maximum atomic E-state index is 13.6. The van der Waals surface area contributed by atoms with Crippen molar-refractivity contribution in [1.29, 1.82) is 0 Å². The van der Waals surface area contributed by atoms with Gasteiger partial charge in [0.2, 0.25) is 0 Å². The van der Waals surface area contributed by atoms with Crippen molar-refractivity contribution in [2.24, 2.45) is 0 Å². The molecule has 8 heteroatoms. The van der Waals surface area contributed by atoms with E-state index in [1.165, 1.54) is 6.07 Å². The molecule has 2 aromatic carbocycles. The van der Waals surface area contributed by atoms with E-state index in [-0.39, 0.29) is 16.5 Å². The van der Waals surface area contributed by atoms with Crippen LogP contribution in [0, 0.1) is 18.6 Å². The number of benzene rings is 2. The summed E-state index contributed by atoms with van der Waals surface area (Å²) in [6.45, 7) is 2.52. The summed E-state index contributed by atoms with van der Waals surface area (Å²) in [6.07, 6.45) is -4.67. The molecule has 0 aliphatic heterocycles. The van der Waals surface area contributed by atoms with Crippen LogP contribution in [0.1, 0.15) is 24.1 Å². The van der Waals surface area contributed by atoms with Crippen molar-refractivity contribution in [3.63, 3.8) is 0 Å². The van der Waals surface area contributed by atoms with Crippen LogP contribution in [0.25, 0.3) is 16.5 Å². The minimum atomic E-state index is -4.67. The lowest BCUT2D eigenvalue weighted by Gasteiger charge is -2.19. The Bertz CT molecular complexity index is 1060. The molecule has 136 valence electrons. The Morgan fingerprint density at radius 3 is 2.19 bits per heavy atom. The van der Waals surface area contributed by atoms with E-state index < -0.39 is 35.0 Å². The van der Waals surface area contributed by atoms with Gasteiger partial charge in [-0.3, -0.25) is 4.79 Å². The lowest BCUT2D eigenvalue weighted by Crippen LogP contribution is -2.28. The largest absolute Gasteiger partial charge is 0.397 e. The van der Waals surface area contributed by atoms with Gasteiger partial charge in [-0.15, -0.1) is 0 Å². The van der Waals surface area contributed by atoms with Gasteiger partial charge < -0.3 is 0 Å². The standard InChI is InChI=1S/C18H13F5N2O/c1-9-5-3-4-6-15(9)25-17(26)12-8-14(20)13(19)7-11(12)16(24-25)10(2)18(21,22)23/h3-8,10H,1-2H3/t10-/m1/s1. The number of alkyl halides is 3. The van der Waals surface area contributed by atoms with Crippen LogP contribution in [0.3, 0.4) is 0 Å². The van der Waals surface area contributed by atoms with Crippen molar-refractivity contribution in [2.75, 3.05) is 0 Å². The number of nitrogens with zero attached hydrogens (tertiary/aromatic N) is 2. The second-order valence-electron chi connectivity index (χ2n) is 5.96. The first kappa shape index (κ1) is 18.0. The molecule has 0 amide bonds. The van der Waals surface area contributed by atoms with Crippen LogP contribution in [-0.2, 0) is 0 Å². The normalized spacial score (nSPS) is 13.2. The molecular formula is C18H13F5N2O. The lowest BCUT2D eigenvalue weighted by molar-refractivity contribution is -0.147.